The van der Waals surface area contributed by atoms with Gasteiger partial charge in [0, 0.05) is 31.2 Å². The maximum Gasteiger partial charge on any atom is 0.246 e. The van der Waals surface area contributed by atoms with Crippen LogP contribution in [0.25, 0.3) is 0 Å². The van der Waals surface area contributed by atoms with Crippen molar-refractivity contribution < 1.29 is 14.4 Å². The molecule has 1 aromatic carbocycles. The molecule has 0 spiro atoms. The van der Waals surface area contributed by atoms with Crippen molar-refractivity contribution in [2.24, 2.45) is 11.5 Å². The fourth-order valence-corrected chi connectivity index (χ4v) is 3.30. The van der Waals surface area contributed by atoms with Crippen LogP contribution in [0.4, 0.5) is 0 Å². The summed E-state index contributed by atoms with van der Waals surface area (Å²) in [5, 5.41) is 2.70. The number of amides is 3. The minimum absolute atomic E-state index is 0.191. The number of aromatic nitrogens is 4. The summed E-state index contributed by atoms with van der Waals surface area (Å²) in [6, 6.07) is 6.52. The van der Waals surface area contributed by atoms with E-state index in [1.54, 1.807) is 12.4 Å². The fourth-order valence-electron chi connectivity index (χ4n) is 3.30. The van der Waals surface area contributed by atoms with Gasteiger partial charge >= 0.3 is 0 Å². The Morgan fingerprint density at radius 1 is 1.06 bits per heavy atom. The Morgan fingerprint density at radius 2 is 1.66 bits per heavy atom. The predicted molar refractivity (Wildman–Crippen MR) is 116 cm³/mol. The minimum Gasteiger partial charge on any atom is -0.368 e. The molecule has 0 aliphatic rings. The predicted octanol–water partition coefficient (Wildman–Crippen LogP) is -0.389. The lowest BCUT2D eigenvalue weighted by Crippen LogP contribution is -2.55. The second kappa shape index (κ2) is 10.4. The Bertz CT molecular complexity index is 985. The van der Waals surface area contributed by atoms with Crippen LogP contribution in [0, 0.1) is 0 Å². The first-order chi connectivity index (χ1) is 15.4. The van der Waals surface area contributed by atoms with Gasteiger partial charge in [0.25, 0.3) is 0 Å². The van der Waals surface area contributed by atoms with E-state index in [4.69, 9.17) is 11.5 Å². The van der Waals surface area contributed by atoms with E-state index >= 15 is 0 Å². The largest absolute Gasteiger partial charge is 0.368 e. The molecule has 0 aliphatic heterocycles. The molecule has 0 saturated heterocycles. The smallest absolute Gasteiger partial charge is 0.246 e. The van der Waals surface area contributed by atoms with E-state index in [9.17, 15) is 14.4 Å². The normalized spacial score (nSPS) is 12.8. The summed E-state index contributed by atoms with van der Waals surface area (Å²) in [7, 11) is 0. The maximum absolute atomic E-state index is 13.8. The molecule has 168 valence electrons. The van der Waals surface area contributed by atoms with E-state index in [1.165, 1.54) is 24.2 Å². The van der Waals surface area contributed by atoms with Gasteiger partial charge in [0.05, 0.1) is 6.04 Å². The average molecular weight is 438 g/mol. The molecule has 7 N–H and O–H groups in total. The highest BCUT2D eigenvalue weighted by Gasteiger charge is 2.36. The molecule has 3 amide bonds. The molecule has 3 rings (SSSR count). The number of hydrogen-bond donors (Lipinski definition) is 5. The molecule has 11 heteroatoms. The van der Waals surface area contributed by atoms with Crippen molar-refractivity contribution in [3.63, 3.8) is 0 Å². The van der Waals surface area contributed by atoms with E-state index in [0.29, 0.717) is 11.6 Å². The molecule has 2 heterocycles. The van der Waals surface area contributed by atoms with Crippen LogP contribution in [0.1, 0.15) is 30.2 Å². The van der Waals surface area contributed by atoms with Crippen molar-refractivity contribution in [2.75, 3.05) is 6.54 Å². The fraction of sp³-hybridized carbons (Fsp3) is 0.286. The summed E-state index contributed by atoms with van der Waals surface area (Å²) in [5.74, 6) is -0.984. The van der Waals surface area contributed by atoms with Gasteiger partial charge in [0.2, 0.25) is 17.7 Å². The van der Waals surface area contributed by atoms with Gasteiger partial charge < -0.3 is 31.7 Å². The van der Waals surface area contributed by atoms with Crippen LogP contribution >= 0.6 is 0 Å². The van der Waals surface area contributed by atoms with E-state index in [-0.39, 0.29) is 6.42 Å². The van der Waals surface area contributed by atoms with E-state index in [0.717, 1.165) is 5.56 Å². The van der Waals surface area contributed by atoms with Crippen molar-refractivity contribution in [3.8, 4) is 0 Å². The van der Waals surface area contributed by atoms with Crippen molar-refractivity contribution in [1.29, 1.82) is 0 Å². The third-order valence-electron chi connectivity index (χ3n) is 4.79. The molecule has 32 heavy (non-hydrogen) atoms. The van der Waals surface area contributed by atoms with Crippen LogP contribution in [-0.2, 0) is 20.8 Å². The standard InChI is InChI=1S/C21H26N8O3/c1-13(22)20(31)28-15(11-14-5-3-2-4-6-14)21(32)29(12-16(23)30)17(18-24-7-8-25-18)19-26-9-10-27-19/h2-10,13,15,17H,11-12,22H2,1H3,(H2,23,30)(H,24,25)(H,26,27)(H,28,31)/t13-,15-/m0/s1. The Morgan fingerprint density at radius 3 is 2.12 bits per heavy atom. The molecule has 0 aliphatic carbocycles. The van der Waals surface area contributed by atoms with Crippen molar-refractivity contribution >= 4 is 17.7 Å². The van der Waals surface area contributed by atoms with Gasteiger partial charge in [-0.15, -0.1) is 0 Å². The topological polar surface area (TPSA) is 176 Å². The second-order valence-corrected chi connectivity index (χ2v) is 7.32. The SMILES string of the molecule is C[C@H](N)C(=O)N[C@@H](Cc1ccccc1)C(=O)N(CC(N)=O)C(c1ncc[nH]1)c1ncc[nH]1. The van der Waals surface area contributed by atoms with Crippen molar-refractivity contribution in [3.05, 3.63) is 72.3 Å². The number of benzene rings is 1. The number of nitrogens with zero attached hydrogens (tertiary/aromatic N) is 3. The summed E-state index contributed by atoms with van der Waals surface area (Å²) in [4.78, 5) is 53.7. The molecule has 0 saturated carbocycles. The van der Waals surface area contributed by atoms with Gasteiger partial charge in [-0.05, 0) is 12.5 Å². The van der Waals surface area contributed by atoms with Gasteiger partial charge in [0.1, 0.15) is 30.3 Å². The summed E-state index contributed by atoms with van der Waals surface area (Å²) < 4.78 is 0. The summed E-state index contributed by atoms with van der Waals surface area (Å²) in [5.41, 5.74) is 12.0. The highest BCUT2D eigenvalue weighted by atomic mass is 16.2. The number of carbonyl (C=O) groups is 3. The highest BCUT2D eigenvalue weighted by molar-refractivity contribution is 5.92. The zero-order chi connectivity index (χ0) is 23.1. The summed E-state index contributed by atoms with van der Waals surface area (Å²) >= 11 is 0. The number of aromatic amines is 2. The van der Waals surface area contributed by atoms with Gasteiger partial charge in [0.15, 0.2) is 0 Å². The quantitative estimate of drug-likeness (QED) is 0.288. The first kappa shape index (κ1) is 22.7. The zero-order valence-corrected chi connectivity index (χ0v) is 17.6. The van der Waals surface area contributed by atoms with E-state index in [1.807, 2.05) is 30.3 Å². The minimum atomic E-state index is -0.998. The monoisotopic (exact) mass is 438 g/mol. The van der Waals surface area contributed by atoms with Crippen LogP contribution < -0.4 is 16.8 Å². The lowest BCUT2D eigenvalue weighted by Gasteiger charge is -2.32. The molecule has 2 atom stereocenters. The number of hydrogen-bond acceptors (Lipinski definition) is 6. The van der Waals surface area contributed by atoms with Gasteiger partial charge in [-0.25, -0.2) is 9.97 Å². The maximum atomic E-state index is 13.8. The molecule has 0 fully saturated rings. The van der Waals surface area contributed by atoms with Gasteiger partial charge in [-0.2, -0.15) is 0 Å². The first-order valence-corrected chi connectivity index (χ1v) is 10.0. The van der Waals surface area contributed by atoms with Crippen LogP contribution in [-0.4, -0.2) is 61.2 Å². The third kappa shape index (κ3) is 5.58. The molecular weight excluding hydrogens is 412 g/mol. The Labute approximate surface area is 184 Å². The zero-order valence-electron chi connectivity index (χ0n) is 17.6. The third-order valence-corrected chi connectivity index (χ3v) is 4.79. The van der Waals surface area contributed by atoms with Crippen LogP contribution in [0.15, 0.2) is 55.1 Å². The molecule has 2 aromatic heterocycles. The van der Waals surface area contributed by atoms with Gasteiger partial charge in [-0.3, -0.25) is 14.4 Å². The highest BCUT2D eigenvalue weighted by Crippen LogP contribution is 2.24. The summed E-state index contributed by atoms with van der Waals surface area (Å²) in [6.45, 7) is 1.11. The molecule has 3 aromatic rings. The summed E-state index contributed by atoms with van der Waals surface area (Å²) in [6.07, 6.45) is 6.43. The van der Waals surface area contributed by atoms with Crippen molar-refractivity contribution in [2.45, 2.75) is 31.5 Å². The molecule has 0 unspecified atom stereocenters. The number of nitrogens with one attached hydrogen (secondary N) is 3. The average Bonchev–Trinajstić information content (AvgIpc) is 3.47. The van der Waals surface area contributed by atoms with E-state index < -0.39 is 42.4 Å². The number of primary amides is 1. The number of nitrogens with two attached hydrogens (primary N) is 2. The molecular formula is C21H26N8O3. The van der Waals surface area contributed by atoms with Crippen LogP contribution in [0.2, 0.25) is 0 Å². The Kier molecular flexibility index (Phi) is 7.34. The number of rotatable bonds is 10. The molecule has 0 radical (unpaired) electrons. The number of carbonyl (C=O) groups excluding carboxylic acids is 3. The first-order valence-electron chi connectivity index (χ1n) is 10.0. The second-order valence-electron chi connectivity index (χ2n) is 7.32. The number of H-pyrrole nitrogens is 2. The Balaban J connectivity index is 2.00. The lowest BCUT2D eigenvalue weighted by molar-refractivity contribution is -0.140. The molecule has 11 nitrogen and oxygen atoms in total. The van der Waals surface area contributed by atoms with Gasteiger partial charge in [-0.1, -0.05) is 30.3 Å². The van der Waals surface area contributed by atoms with Crippen molar-refractivity contribution in [1.82, 2.24) is 30.2 Å². The van der Waals surface area contributed by atoms with Crippen LogP contribution in [0.5, 0.6) is 0 Å². The van der Waals surface area contributed by atoms with Crippen LogP contribution in [0.3, 0.4) is 0 Å². The Hall–Kier alpha value is -3.99. The number of imidazole rings is 2. The molecule has 0 bridgehead atoms. The lowest BCUT2D eigenvalue weighted by atomic mass is 10.0. The van der Waals surface area contributed by atoms with E-state index in [2.05, 4.69) is 25.3 Å².